The normalized spacial score (nSPS) is 32.9. The number of hydrogen-bond acceptors (Lipinski definition) is 3. The molecule has 0 bridgehead atoms. The Morgan fingerprint density at radius 3 is 2.64 bits per heavy atom. The molecule has 0 aliphatic carbocycles. The van der Waals surface area contributed by atoms with Gasteiger partial charge in [-0.1, -0.05) is 0 Å². The Morgan fingerprint density at radius 2 is 2.00 bits per heavy atom. The number of likely N-dealkylation sites (tertiary alicyclic amines) is 1. The van der Waals surface area contributed by atoms with Gasteiger partial charge in [0.15, 0.2) is 0 Å². The van der Waals surface area contributed by atoms with Crippen LogP contribution >= 0.6 is 0 Å². The van der Waals surface area contributed by atoms with E-state index >= 15 is 0 Å². The Morgan fingerprint density at radius 1 is 1.36 bits per heavy atom. The van der Waals surface area contributed by atoms with Crippen molar-refractivity contribution in [1.82, 2.24) is 4.90 Å². The zero-order valence-corrected chi connectivity index (χ0v) is 9.20. The topological polar surface area (TPSA) is 41.6 Å². The molecule has 3 heteroatoms. The van der Waals surface area contributed by atoms with Crippen molar-refractivity contribution >= 4 is 6.21 Å². The summed E-state index contributed by atoms with van der Waals surface area (Å²) in [5, 5.41) is 0. The number of nitrogens with two attached hydrogens (primary N) is 1. The van der Waals surface area contributed by atoms with Gasteiger partial charge in [0.1, 0.15) is 5.82 Å². The first-order valence-electron chi connectivity index (χ1n) is 5.23. The summed E-state index contributed by atoms with van der Waals surface area (Å²) in [7, 11) is 0. The van der Waals surface area contributed by atoms with Gasteiger partial charge in [-0.25, -0.2) is 4.99 Å². The molecule has 0 amide bonds. The molecule has 0 aromatic rings. The number of nitrogens with zero attached hydrogens (tertiary/aromatic N) is 2. The molecular formula is C11H19N3. The lowest BCUT2D eigenvalue weighted by Gasteiger charge is -2.31. The number of fused-ring (bicyclic) bond motifs is 1. The highest BCUT2D eigenvalue weighted by Gasteiger charge is 2.36. The first-order chi connectivity index (χ1) is 6.47. The molecule has 2 unspecified atom stereocenters. The minimum atomic E-state index is 0.258. The van der Waals surface area contributed by atoms with E-state index in [1.54, 1.807) is 0 Å². The standard InChI is InChI=1S/C11H19N3/c1-11(2,3)14-6-8-4-10(12)13-5-9(8)7-14/h4-5,8-9H,6-7,12H2,1-3H3. The summed E-state index contributed by atoms with van der Waals surface area (Å²) in [6.45, 7) is 9.00. The maximum absolute atomic E-state index is 5.69. The summed E-state index contributed by atoms with van der Waals surface area (Å²) < 4.78 is 0. The van der Waals surface area contributed by atoms with Crippen molar-refractivity contribution in [2.75, 3.05) is 13.1 Å². The van der Waals surface area contributed by atoms with E-state index in [4.69, 9.17) is 5.73 Å². The molecular weight excluding hydrogens is 174 g/mol. The molecule has 2 aliphatic rings. The first-order valence-corrected chi connectivity index (χ1v) is 5.23. The quantitative estimate of drug-likeness (QED) is 0.628. The molecule has 14 heavy (non-hydrogen) atoms. The molecule has 2 atom stereocenters. The van der Waals surface area contributed by atoms with Crippen LogP contribution in [0.1, 0.15) is 20.8 Å². The van der Waals surface area contributed by atoms with Gasteiger partial charge in [0.2, 0.25) is 0 Å². The zero-order valence-electron chi connectivity index (χ0n) is 9.20. The fourth-order valence-electron chi connectivity index (χ4n) is 2.18. The van der Waals surface area contributed by atoms with Crippen molar-refractivity contribution in [1.29, 1.82) is 0 Å². The molecule has 2 aliphatic heterocycles. The number of hydrogen-bond donors (Lipinski definition) is 1. The Bertz CT molecular complexity index is 285. The monoisotopic (exact) mass is 193 g/mol. The average Bonchev–Trinajstić information content (AvgIpc) is 2.45. The number of rotatable bonds is 0. The van der Waals surface area contributed by atoms with E-state index in [0.29, 0.717) is 17.7 Å². The predicted molar refractivity (Wildman–Crippen MR) is 59.1 cm³/mol. The lowest BCUT2D eigenvalue weighted by atomic mass is 9.95. The Labute approximate surface area is 85.7 Å². The van der Waals surface area contributed by atoms with Crippen LogP contribution in [0.15, 0.2) is 16.9 Å². The molecule has 0 saturated carbocycles. The van der Waals surface area contributed by atoms with E-state index in [1.807, 2.05) is 6.21 Å². The van der Waals surface area contributed by atoms with Gasteiger partial charge in [0.05, 0.1) is 0 Å². The van der Waals surface area contributed by atoms with Crippen molar-refractivity contribution in [3.05, 3.63) is 11.9 Å². The van der Waals surface area contributed by atoms with E-state index in [0.717, 1.165) is 13.1 Å². The molecule has 2 heterocycles. The molecule has 1 saturated heterocycles. The summed E-state index contributed by atoms with van der Waals surface area (Å²) in [6, 6.07) is 0. The highest BCUT2D eigenvalue weighted by atomic mass is 15.2. The van der Waals surface area contributed by atoms with Gasteiger partial charge in [0.25, 0.3) is 0 Å². The first kappa shape index (κ1) is 9.71. The SMILES string of the molecule is CC(C)(C)N1CC2C=NC(N)=CC2C1. The van der Waals surface area contributed by atoms with Gasteiger partial charge in [-0.3, -0.25) is 4.90 Å². The summed E-state index contributed by atoms with van der Waals surface area (Å²) >= 11 is 0. The second kappa shape index (κ2) is 3.09. The highest BCUT2D eigenvalue weighted by molar-refractivity contribution is 5.65. The predicted octanol–water partition coefficient (Wildman–Crippen LogP) is 1.22. The van der Waals surface area contributed by atoms with Crippen LogP contribution in [0.4, 0.5) is 0 Å². The molecule has 2 rings (SSSR count). The smallest absolute Gasteiger partial charge is 0.119 e. The van der Waals surface area contributed by atoms with Crippen LogP contribution in [0.5, 0.6) is 0 Å². The van der Waals surface area contributed by atoms with E-state index in [9.17, 15) is 0 Å². The Kier molecular flexibility index (Phi) is 2.14. The summed E-state index contributed by atoms with van der Waals surface area (Å²) in [5.74, 6) is 1.83. The maximum atomic E-state index is 5.69. The third-order valence-corrected chi connectivity index (χ3v) is 3.16. The fourth-order valence-corrected chi connectivity index (χ4v) is 2.18. The maximum Gasteiger partial charge on any atom is 0.119 e. The molecule has 0 radical (unpaired) electrons. The van der Waals surface area contributed by atoms with Gasteiger partial charge in [-0.05, 0) is 26.8 Å². The van der Waals surface area contributed by atoms with Crippen molar-refractivity contribution in [2.24, 2.45) is 22.6 Å². The third kappa shape index (κ3) is 1.69. The van der Waals surface area contributed by atoms with Crippen LogP contribution in [-0.2, 0) is 0 Å². The molecule has 2 N–H and O–H groups in total. The van der Waals surface area contributed by atoms with E-state index in [-0.39, 0.29) is 5.54 Å². The van der Waals surface area contributed by atoms with Crippen LogP contribution in [0.3, 0.4) is 0 Å². The second-order valence-electron chi connectivity index (χ2n) is 5.27. The fraction of sp³-hybridized carbons (Fsp3) is 0.727. The molecule has 0 aromatic heterocycles. The summed E-state index contributed by atoms with van der Waals surface area (Å²) in [6.07, 6.45) is 4.13. The largest absolute Gasteiger partial charge is 0.384 e. The molecule has 3 nitrogen and oxygen atoms in total. The third-order valence-electron chi connectivity index (χ3n) is 3.16. The molecule has 0 aromatic carbocycles. The Balaban J connectivity index is 2.11. The van der Waals surface area contributed by atoms with Gasteiger partial charge in [-0.2, -0.15) is 0 Å². The molecule has 0 spiro atoms. The lowest BCUT2D eigenvalue weighted by molar-refractivity contribution is 0.169. The van der Waals surface area contributed by atoms with Crippen molar-refractivity contribution in [2.45, 2.75) is 26.3 Å². The van der Waals surface area contributed by atoms with Crippen LogP contribution < -0.4 is 5.73 Å². The van der Waals surface area contributed by atoms with Gasteiger partial charge < -0.3 is 5.73 Å². The zero-order chi connectivity index (χ0) is 10.3. The summed E-state index contributed by atoms with van der Waals surface area (Å²) in [4.78, 5) is 6.68. The molecule has 1 fully saturated rings. The van der Waals surface area contributed by atoms with Crippen molar-refractivity contribution in [3.8, 4) is 0 Å². The van der Waals surface area contributed by atoms with Gasteiger partial charge in [-0.15, -0.1) is 0 Å². The lowest BCUT2D eigenvalue weighted by Crippen LogP contribution is -2.39. The minimum Gasteiger partial charge on any atom is -0.384 e. The summed E-state index contributed by atoms with van der Waals surface area (Å²) in [5.41, 5.74) is 5.95. The highest BCUT2D eigenvalue weighted by Crippen LogP contribution is 2.31. The van der Waals surface area contributed by atoms with Crippen LogP contribution in [0, 0.1) is 11.8 Å². The molecule has 78 valence electrons. The van der Waals surface area contributed by atoms with Gasteiger partial charge in [0, 0.05) is 36.7 Å². The average molecular weight is 193 g/mol. The van der Waals surface area contributed by atoms with E-state index in [1.165, 1.54) is 0 Å². The van der Waals surface area contributed by atoms with Crippen LogP contribution in [0.25, 0.3) is 0 Å². The minimum absolute atomic E-state index is 0.258. The Hall–Kier alpha value is -0.830. The second-order valence-corrected chi connectivity index (χ2v) is 5.27. The van der Waals surface area contributed by atoms with Crippen molar-refractivity contribution in [3.63, 3.8) is 0 Å². The number of aliphatic imine (C=N–C) groups is 1. The van der Waals surface area contributed by atoms with Crippen LogP contribution in [0.2, 0.25) is 0 Å². The van der Waals surface area contributed by atoms with E-state index in [2.05, 4.69) is 36.7 Å². The van der Waals surface area contributed by atoms with E-state index < -0.39 is 0 Å². The van der Waals surface area contributed by atoms with Gasteiger partial charge >= 0.3 is 0 Å². The van der Waals surface area contributed by atoms with Crippen LogP contribution in [-0.4, -0.2) is 29.7 Å². The van der Waals surface area contributed by atoms with Crippen molar-refractivity contribution < 1.29 is 0 Å².